The van der Waals surface area contributed by atoms with E-state index in [0.29, 0.717) is 6.04 Å². The maximum Gasteiger partial charge on any atom is 0.251 e. The second kappa shape index (κ2) is 6.55. The molecule has 0 aliphatic carbocycles. The lowest BCUT2D eigenvalue weighted by atomic mass is 9.96. The molecule has 1 amide bonds. The summed E-state index contributed by atoms with van der Waals surface area (Å²) >= 11 is 1.53. The lowest BCUT2D eigenvalue weighted by Gasteiger charge is -2.30. The zero-order valence-corrected chi connectivity index (χ0v) is 13.8. The number of carbonyl (C=O) groups excluding carboxylic acids is 1. The maximum atomic E-state index is 12.4. The van der Waals surface area contributed by atoms with Crippen LogP contribution in [0.1, 0.15) is 23.2 Å². The van der Waals surface area contributed by atoms with E-state index in [4.69, 9.17) is 4.84 Å². The molecule has 0 saturated carbocycles. The quantitative estimate of drug-likeness (QED) is 0.858. The van der Waals surface area contributed by atoms with Crippen molar-refractivity contribution in [1.82, 2.24) is 14.7 Å². The van der Waals surface area contributed by atoms with Crippen LogP contribution in [0, 0.1) is 5.92 Å². The number of amides is 1. The lowest BCUT2D eigenvalue weighted by molar-refractivity contribution is 0.0290. The van der Waals surface area contributed by atoms with Crippen LogP contribution in [-0.2, 0) is 4.84 Å². The number of piperidine rings is 1. The Morgan fingerprint density at radius 1 is 1.26 bits per heavy atom. The molecule has 3 aliphatic rings. The first-order valence-corrected chi connectivity index (χ1v) is 8.94. The van der Waals surface area contributed by atoms with Crippen molar-refractivity contribution in [3.63, 3.8) is 0 Å². The largest absolute Gasteiger partial charge is 0.403 e. The average molecular weight is 331 g/mol. The first kappa shape index (κ1) is 15.1. The molecule has 0 spiro atoms. The van der Waals surface area contributed by atoms with E-state index in [1.54, 1.807) is 10.7 Å². The summed E-state index contributed by atoms with van der Waals surface area (Å²) in [5, 5.41) is 3.20. The number of fused-ring (bicyclic) bond motifs is 2. The molecule has 2 fully saturated rings. The van der Waals surface area contributed by atoms with Crippen molar-refractivity contribution in [2.75, 3.05) is 26.2 Å². The Morgan fingerprint density at radius 2 is 2.13 bits per heavy atom. The van der Waals surface area contributed by atoms with Gasteiger partial charge in [-0.05, 0) is 67.6 Å². The number of hydrogen-bond acceptors (Lipinski definition) is 5. The van der Waals surface area contributed by atoms with Crippen LogP contribution >= 0.6 is 11.9 Å². The van der Waals surface area contributed by atoms with Gasteiger partial charge in [0.15, 0.2) is 0 Å². The molecule has 2 saturated heterocycles. The highest BCUT2D eigenvalue weighted by Crippen LogP contribution is 2.27. The molecule has 122 valence electrons. The number of hydrogen-bond donors (Lipinski definition) is 1. The standard InChI is InChI=1S/C17H21N3O2S/c21-17(18-15-10-13-6-8-19(11-13)12-15)14-2-4-16(5-3-14)23-20-7-1-9-22-20/h1-5,9,13,15H,6-8,10-12H2,(H,18,21)/t13-,15-/m1/s1. The maximum absolute atomic E-state index is 12.4. The van der Waals surface area contributed by atoms with Crippen molar-refractivity contribution in [3.05, 3.63) is 42.2 Å². The van der Waals surface area contributed by atoms with Crippen molar-refractivity contribution in [2.45, 2.75) is 23.8 Å². The zero-order chi connectivity index (χ0) is 15.6. The molecule has 5 nitrogen and oxygen atoms in total. The van der Waals surface area contributed by atoms with Crippen LogP contribution < -0.4 is 5.32 Å². The van der Waals surface area contributed by atoms with Crippen LogP contribution in [0.15, 0.2) is 41.5 Å². The minimum absolute atomic E-state index is 0.0353. The van der Waals surface area contributed by atoms with Gasteiger partial charge in [-0.1, -0.05) is 4.47 Å². The summed E-state index contributed by atoms with van der Waals surface area (Å²) in [4.78, 5) is 21.2. The van der Waals surface area contributed by atoms with E-state index in [2.05, 4.69) is 10.2 Å². The van der Waals surface area contributed by atoms with Crippen molar-refractivity contribution in [2.24, 2.45) is 5.92 Å². The highest BCUT2D eigenvalue weighted by atomic mass is 32.2. The fourth-order valence-electron chi connectivity index (χ4n) is 3.56. The average Bonchev–Trinajstić information content (AvgIpc) is 3.18. The molecule has 3 atom stereocenters. The fraction of sp³-hybridized carbons (Fsp3) is 0.471. The Bertz CT molecular complexity index is 584. The smallest absolute Gasteiger partial charge is 0.251 e. The third kappa shape index (κ3) is 3.54. The van der Waals surface area contributed by atoms with Gasteiger partial charge in [0.25, 0.3) is 5.91 Å². The van der Waals surface area contributed by atoms with E-state index in [-0.39, 0.29) is 5.91 Å². The molecular weight excluding hydrogens is 310 g/mol. The second-order valence-corrected chi connectivity index (χ2v) is 7.49. The fourth-order valence-corrected chi connectivity index (χ4v) is 4.31. The van der Waals surface area contributed by atoms with Gasteiger partial charge < -0.3 is 15.1 Å². The van der Waals surface area contributed by atoms with Crippen LogP contribution in [0.5, 0.6) is 0 Å². The number of nitrogens with zero attached hydrogens (tertiary/aromatic N) is 2. The third-order valence-corrected chi connectivity index (χ3v) is 5.58. The number of benzene rings is 1. The van der Waals surface area contributed by atoms with Crippen LogP contribution in [0.4, 0.5) is 0 Å². The number of carbonyl (C=O) groups is 1. The van der Waals surface area contributed by atoms with Gasteiger partial charge in [0.1, 0.15) is 6.26 Å². The third-order valence-electron chi connectivity index (χ3n) is 4.65. The summed E-state index contributed by atoms with van der Waals surface area (Å²) in [5.41, 5.74) is 0.725. The van der Waals surface area contributed by atoms with Crippen LogP contribution in [0.2, 0.25) is 0 Å². The molecule has 3 aliphatic heterocycles. The van der Waals surface area contributed by atoms with Gasteiger partial charge >= 0.3 is 0 Å². The molecule has 1 aromatic rings. The molecule has 3 heterocycles. The summed E-state index contributed by atoms with van der Waals surface area (Å²) in [6, 6.07) is 8.00. The number of rotatable bonds is 4. The first-order valence-electron chi connectivity index (χ1n) is 8.17. The Morgan fingerprint density at radius 3 is 2.87 bits per heavy atom. The Kier molecular flexibility index (Phi) is 4.29. The van der Waals surface area contributed by atoms with Crippen molar-refractivity contribution < 1.29 is 9.63 Å². The van der Waals surface area contributed by atoms with E-state index < -0.39 is 0 Å². The van der Waals surface area contributed by atoms with Gasteiger partial charge in [-0.15, -0.1) is 0 Å². The lowest BCUT2D eigenvalue weighted by Crippen LogP contribution is -2.47. The normalized spacial score (nSPS) is 29.5. The summed E-state index contributed by atoms with van der Waals surface area (Å²) in [5.74, 6) is 0.801. The minimum Gasteiger partial charge on any atom is -0.403 e. The van der Waals surface area contributed by atoms with Crippen LogP contribution in [0.3, 0.4) is 0 Å². The van der Waals surface area contributed by atoms with Crippen molar-refractivity contribution in [1.29, 1.82) is 0 Å². The van der Waals surface area contributed by atoms with Gasteiger partial charge in [-0.25, -0.2) is 0 Å². The summed E-state index contributed by atoms with van der Waals surface area (Å²) in [7, 11) is 0. The molecule has 2 bridgehead atoms. The van der Waals surface area contributed by atoms with E-state index in [1.807, 2.05) is 30.3 Å². The van der Waals surface area contributed by atoms with Gasteiger partial charge in [-0.3, -0.25) is 4.79 Å². The Balaban J connectivity index is 1.33. The molecular formula is C17H21N3O2S. The van der Waals surface area contributed by atoms with E-state index >= 15 is 0 Å². The monoisotopic (exact) mass is 331 g/mol. The summed E-state index contributed by atoms with van der Waals surface area (Å²) in [6.07, 6.45) is 6.05. The van der Waals surface area contributed by atoms with Crippen molar-refractivity contribution >= 4 is 17.9 Å². The van der Waals surface area contributed by atoms with Gasteiger partial charge in [0, 0.05) is 29.6 Å². The van der Waals surface area contributed by atoms with Crippen molar-refractivity contribution in [3.8, 4) is 0 Å². The molecule has 23 heavy (non-hydrogen) atoms. The Labute approximate surface area is 140 Å². The number of nitrogens with one attached hydrogen (secondary N) is 1. The van der Waals surface area contributed by atoms with Crippen LogP contribution in [-0.4, -0.2) is 47.5 Å². The predicted octanol–water partition coefficient (Wildman–Crippen LogP) is 2.28. The van der Waals surface area contributed by atoms with Crippen LogP contribution in [0.25, 0.3) is 0 Å². The van der Waals surface area contributed by atoms with E-state index in [1.165, 1.54) is 31.5 Å². The zero-order valence-electron chi connectivity index (χ0n) is 13.0. The molecule has 1 aromatic carbocycles. The molecule has 0 aromatic heterocycles. The molecule has 1 N–H and O–H groups in total. The van der Waals surface area contributed by atoms with E-state index in [0.717, 1.165) is 35.9 Å². The SMILES string of the molecule is O=C(N[C@@H]1C[C@H]2CCN(C2)C1)c1ccc(SN2CC=CO2)cc1. The summed E-state index contributed by atoms with van der Waals surface area (Å²) < 4.78 is 1.79. The molecule has 0 radical (unpaired) electrons. The predicted molar refractivity (Wildman–Crippen MR) is 89.6 cm³/mol. The molecule has 6 heteroatoms. The summed E-state index contributed by atoms with van der Waals surface area (Å²) in [6.45, 7) is 4.17. The number of hydroxylamine groups is 1. The highest BCUT2D eigenvalue weighted by Gasteiger charge is 2.32. The van der Waals surface area contributed by atoms with Gasteiger partial charge in [0.05, 0.1) is 6.54 Å². The molecule has 4 rings (SSSR count). The highest BCUT2D eigenvalue weighted by molar-refractivity contribution is 7.97. The minimum atomic E-state index is 0.0353. The van der Waals surface area contributed by atoms with E-state index in [9.17, 15) is 4.79 Å². The topological polar surface area (TPSA) is 44.8 Å². The Hall–Kier alpha value is -1.50. The first-order chi connectivity index (χ1) is 11.3. The van der Waals surface area contributed by atoms with Gasteiger partial charge in [0.2, 0.25) is 0 Å². The second-order valence-electron chi connectivity index (χ2n) is 6.43. The molecule has 1 unspecified atom stereocenters. The van der Waals surface area contributed by atoms with Gasteiger partial charge in [-0.2, -0.15) is 0 Å².